The van der Waals surface area contributed by atoms with Gasteiger partial charge in [-0.1, -0.05) is 6.42 Å². The molecule has 5 nitrogen and oxygen atoms in total. The Labute approximate surface area is 94.9 Å². The van der Waals surface area contributed by atoms with Gasteiger partial charge in [-0.15, -0.1) is 0 Å². The third-order valence-electron chi connectivity index (χ3n) is 1.80. The van der Waals surface area contributed by atoms with Gasteiger partial charge in [0, 0.05) is 5.75 Å². The first kappa shape index (κ1) is 14.4. The van der Waals surface area contributed by atoms with Gasteiger partial charge in [0.05, 0.1) is 6.42 Å². The normalized spacial score (nSPS) is 12.2. The molecule has 0 unspecified atom stereocenters. The number of nitrogens with two attached hydrogens (primary N) is 2. The second-order valence-electron chi connectivity index (χ2n) is 3.16. The minimum atomic E-state index is -0.736. The average Bonchev–Trinajstić information content (AvgIpc) is 2.18. The van der Waals surface area contributed by atoms with Gasteiger partial charge < -0.3 is 16.2 Å². The Kier molecular flexibility index (Phi) is 8.35. The Morgan fingerprint density at radius 2 is 2.00 bits per heavy atom. The molecule has 0 saturated carbocycles. The van der Waals surface area contributed by atoms with E-state index in [1.54, 1.807) is 0 Å². The fraction of sp³-hybridized carbons (Fsp3) is 0.778. The molecule has 0 radical (unpaired) electrons. The number of unbranched alkanes of at least 4 members (excludes halogenated alkanes) is 1. The van der Waals surface area contributed by atoms with Crippen molar-refractivity contribution < 1.29 is 14.3 Å². The number of carbonyl (C=O) groups excluding carboxylic acids is 2. The van der Waals surface area contributed by atoms with Gasteiger partial charge in [-0.2, -0.15) is 12.6 Å². The van der Waals surface area contributed by atoms with Gasteiger partial charge >= 0.3 is 11.9 Å². The van der Waals surface area contributed by atoms with E-state index in [0.717, 1.165) is 12.8 Å². The van der Waals surface area contributed by atoms with Crippen LogP contribution in [-0.2, 0) is 14.3 Å². The van der Waals surface area contributed by atoms with Crippen molar-refractivity contribution in [3.63, 3.8) is 0 Å². The van der Waals surface area contributed by atoms with Gasteiger partial charge in [0.2, 0.25) is 0 Å². The lowest BCUT2D eigenvalue weighted by Crippen LogP contribution is -2.33. The maximum atomic E-state index is 11.2. The Bertz CT molecular complexity index is 212. The van der Waals surface area contributed by atoms with Crippen LogP contribution in [0, 0.1) is 0 Å². The van der Waals surface area contributed by atoms with Crippen LogP contribution in [0.5, 0.6) is 0 Å². The highest BCUT2D eigenvalue weighted by atomic mass is 32.1. The summed E-state index contributed by atoms with van der Waals surface area (Å²) in [4.78, 5) is 22.1. The number of hydrogen-bond donors (Lipinski definition) is 3. The zero-order chi connectivity index (χ0) is 11.7. The molecule has 1 atom stereocenters. The summed E-state index contributed by atoms with van der Waals surface area (Å²) >= 11 is 3.85. The number of rotatable bonds is 7. The van der Waals surface area contributed by atoms with E-state index in [1.165, 1.54) is 0 Å². The molecular formula is C9H18N2O3S. The molecule has 15 heavy (non-hydrogen) atoms. The molecular weight excluding hydrogens is 216 g/mol. The number of hydrogen-bond acceptors (Lipinski definition) is 6. The zero-order valence-electron chi connectivity index (χ0n) is 8.65. The summed E-state index contributed by atoms with van der Waals surface area (Å²) in [5, 5.41) is 0. The quantitative estimate of drug-likeness (QED) is 0.246. The molecule has 0 aromatic heterocycles. The second kappa shape index (κ2) is 8.70. The lowest BCUT2D eigenvalue weighted by Gasteiger charge is -2.09. The molecule has 0 aliphatic rings. The van der Waals surface area contributed by atoms with Crippen LogP contribution in [0.3, 0.4) is 0 Å². The molecule has 88 valence electrons. The summed E-state index contributed by atoms with van der Waals surface area (Å²) in [5.41, 5.74) is 10.8. The third-order valence-corrected chi connectivity index (χ3v) is 2.03. The van der Waals surface area contributed by atoms with Gasteiger partial charge in [-0.25, -0.2) is 4.79 Å². The van der Waals surface area contributed by atoms with Crippen LogP contribution in [0.2, 0.25) is 0 Å². The summed E-state index contributed by atoms with van der Waals surface area (Å²) in [6.07, 6.45) is 2.17. The van der Waals surface area contributed by atoms with Crippen molar-refractivity contribution in [1.29, 1.82) is 0 Å². The van der Waals surface area contributed by atoms with E-state index in [9.17, 15) is 9.59 Å². The largest absolute Gasteiger partial charge is 0.392 e. The molecule has 0 saturated heterocycles. The highest BCUT2D eigenvalue weighted by Gasteiger charge is 2.17. The van der Waals surface area contributed by atoms with Crippen LogP contribution in [0.4, 0.5) is 0 Å². The number of thiol groups is 1. The van der Waals surface area contributed by atoms with Crippen molar-refractivity contribution in [3.8, 4) is 0 Å². The van der Waals surface area contributed by atoms with Crippen LogP contribution in [0.15, 0.2) is 0 Å². The predicted molar refractivity (Wildman–Crippen MR) is 60.4 cm³/mol. The third kappa shape index (κ3) is 7.35. The molecule has 0 rings (SSSR count). The van der Waals surface area contributed by atoms with E-state index in [4.69, 9.17) is 11.5 Å². The summed E-state index contributed by atoms with van der Waals surface area (Å²) < 4.78 is 4.50. The Morgan fingerprint density at radius 1 is 1.33 bits per heavy atom. The predicted octanol–water partition coefficient (Wildman–Crippen LogP) is -0.168. The van der Waals surface area contributed by atoms with Crippen LogP contribution >= 0.6 is 12.6 Å². The molecule has 0 aliphatic carbocycles. The van der Waals surface area contributed by atoms with Crippen molar-refractivity contribution in [2.24, 2.45) is 11.5 Å². The Morgan fingerprint density at radius 3 is 2.53 bits per heavy atom. The van der Waals surface area contributed by atoms with Crippen molar-refractivity contribution in [2.45, 2.75) is 31.7 Å². The van der Waals surface area contributed by atoms with E-state index in [1.807, 2.05) is 0 Å². The molecule has 0 fully saturated rings. The molecule has 0 aliphatic heterocycles. The highest BCUT2D eigenvalue weighted by molar-refractivity contribution is 7.80. The SMILES string of the molecule is NCCCC[C@H](N)C(=O)OC(=O)CCS. The van der Waals surface area contributed by atoms with Crippen molar-refractivity contribution >= 4 is 24.6 Å². The van der Waals surface area contributed by atoms with Gasteiger partial charge in [-0.05, 0) is 19.4 Å². The van der Waals surface area contributed by atoms with Gasteiger partial charge in [0.15, 0.2) is 0 Å². The lowest BCUT2D eigenvalue weighted by molar-refractivity contribution is -0.160. The van der Waals surface area contributed by atoms with E-state index >= 15 is 0 Å². The van der Waals surface area contributed by atoms with Crippen molar-refractivity contribution in [1.82, 2.24) is 0 Å². The van der Waals surface area contributed by atoms with E-state index < -0.39 is 18.0 Å². The van der Waals surface area contributed by atoms with Gasteiger partial charge in [0.1, 0.15) is 6.04 Å². The molecule has 4 N–H and O–H groups in total. The minimum absolute atomic E-state index is 0.115. The van der Waals surface area contributed by atoms with Crippen molar-refractivity contribution in [2.75, 3.05) is 12.3 Å². The lowest BCUT2D eigenvalue weighted by atomic mass is 10.1. The topological polar surface area (TPSA) is 95.4 Å². The summed E-state index contributed by atoms with van der Waals surface area (Å²) in [6.45, 7) is 0.570. The Balaban J connectivity index is 3.73. The van der Waals surface area contributed by atoms with E-state index in [2.05, 4.69) is 17.4 Å². The zero-order valence-corrected chi connectivity index (χ0v) is 9.54. The molecule has 0 bridgehead atoms. The summed E-state index contributed by atoms with van der Waals surface area (Å²) in [6, 6.07) is -0.736. The number of carbonyl (C=O) groups is 2. The van der Waals surface area contributed by atoms with Gasteiger partial charge in [0.25, 0.3) is 0 Å². The van der Waals surface area contributed by atoms with Crippen LogP contribution < -0.4 is 11.5 Å². The first-order valence-electron chi connectivity index (χ1n) is 4.92. The van der Waals surface area contributed by atoms with E-state index in [-0.39, 0.29) is 6.42 Å². The van der Waals surface area contributed by atoms with Crippen molar-refractivity contribution in [3.05, 3.63) is 0 Å². The minimum Gasteiger partial charge on any atom is -0.392 e. The van der Waals surface area contributed by atoms with Crippen LogP contribution in [-0.4, -0.2) is 30.3 Å². The van der Waals surface area contributed by atoms with Crippen LogP contribution in [0.25, 0.3) is 0 Å². The molecule has 6 heteroatoms. The maximum absolute atomic E-state index is 11.2. The van der Waals surface area contributed by atoms with Crippen LogP contribution in [0.1, 0.15) is 25.7 Å². The molecule has 0 aromatic carbocycles. The summed E-state index contributed by atoms with van der Waals surface area (Å²) in [7, 11) is 0. The molecule has 0 spiro atoms. The number of ether oxygens (including phenoxy) is 1. The second-order valence-corrected chi connectivity index (χ2v) is 3.60. The van der Waals surface area contributed by atoms with E-state index in [0.29, 0.717) is 18.7 Å². The van der Waals surface area contributed by atoms with Gasteiger partial charge in [-0.3, -0.25) is 4.79 Å². The summed E-state index contributed by atoms with van der Waals surface area (Å²) in [5.74, 6) is -0.891. The maximum Gasteiger partial charge on any atom is 0.330 e. The first-order chi connectivity index (χ1) is 7.11. The monoisotopic (exact) mass is 234 g/mol. The Hall–Kier alpha value is -0.590. The number of esters is 2. The molecule has 0 heterocycles. The standard InChI is InChI=1S/C9H18N2O3S/c10-5-2-1-3-7(11)9(13)14-8(12)4-6-15/h7,15H,1-6,10-11H2/t7-/m0/s1. The first-order valence-corrected chi connectivity index (χ1v) is 5.56. The fourth-order valence-corrected chi connectivity index (χ4v) is 1.14. The highest BCUT2D eigenvalue weighted by Crippen LogP contribution is 2.01. The smallest absolute Gasteiger partial charge is 0.330 e. The molecule has 0 aromatic rings. The fourth-order valence-electron chi connectivity index (χ4n) is 0.957. The molecule has 0 amide bonds. The average molecular weight is 234 g/mol.